The van der Waals surface area contributed by atoms with Crippen LogP contribution in [-0.4, -0.2) is 35.3 Å². The Bertz CT molecular complexity index is 729. The summed E-state index contributed by atoms with van der Waals surface area (Å²) < 4.78 is 5.43. The Hall–Kier alpha value is -1.81. The molecule has 2 aromatic heterocycles. The predicted octanol–water partition coefficient (Wildman–Crippen LogP) is 3.40. The topological polar surface area (TPSA) is 49.2 Å². The van der Waals surface area contributed by atoms with Gasteiger partial charge in [-0.1, -0.05) is 6.92 Å². The second-order valence-corrected chi connectivity index (χ2v) is 7.29. The molecule has 2 aromatic rings. The highest BCUT2D eigenvalue weighted by atomic mass is 16.3. The second-order valence-electron chi connectivity index (χ2n) is 7.29. The summed E-state index contributed by atoms with van der Waals surface area (Å²) in [6.07, 6.45) is 5.75. The summed E-state index contributed by atoms with van der Waals surface area (Å²) >= 11 is 0. The summed E-state index contributed by atoms with van der Waals surface area (Å²) in [6, 6.07) is 3.97. The van der Waals surface area contributed by atoms with Gasteiger partial charge in [-0.05, 0) is 56.3 Å². The summed E-state index contributed by atoms with van der Waals surface area (Å²) in [4.78, 5) is 19.1. The van der Waals surface area contributed by atoms with Gasteiger partial charge in [-0.25, -0.2) is 0 Å². The first kappa shape index (κ1) is 15.7. The summed E-state index contributed by atoms with van der Waals surface area (Å²) in [7, 11) is 0. The monoisotopic (exact) mass is 326 g/mol. The Kier molecular flexibility index (Phi) is 4.09. The standard InChI is InChI=1S/C20H26N2O2/c1-3-16-13(2)21-18-11-14-6-8-22(9-7-15-5-4-10-24-15)12-17(14)20(23)19(16)18/h4-5,10,14,17,21H,3,6-9,11-12H2,1-2H3. The number of ketones is 1. The highest BCUT2D eigenvalue weighted by Gasteiger charge is 2.41. The lowest BCUT2D eigenvalue weighted by atomic mass is 9.72. The number of aromatic amines is 1. The number of carbonyl (C=O) groups excluding carboxylic acids is 1. The minimum Gasteiger partial charge on any atom is -0.469 e. The van der Waals surface area contributed by atoms with E-state index in [4.69, 9.17) is 4.42 Å². The minimum atomic E-state index is 0.170. The lowest BCUT2D eigenvalue weighted by molar-refractivity contribution is 0.0660. The van der Waals surface area contributed by atoms with Gasteiger partial charge in [0.1, 0.15) is 5.76 Å². The van der Waals surface area contributed by atoms with Crippen LogP contribution in [0.25, 0.3) is 0 Å². The summed E-state index contributed by atoms with van der Waals surface area (Å²) in [6.45, 7) is 7.21. The van der Waals surface area contributed by atoms with E-state index in [1.165, 1.54) is 17.0 Å². The van der Waals surface area contributed by atoms with Gasteiger partial charge in [0.25, 0.3) is 0 Å². The van der Waals surface area contributed by atoms with Crippen LogP contribution in [0.2, 0.25) is 0 Å². The van der Waals surface area contributed by atoms with Crippen molar-refractivity contribution >= 4 is 5.78 Å². The number of likely N-dealkylation sites (tertiary alicyclic amines) is 1. The summed E-state index contributed by atoms with van der Waals surface area (Å²) in [5, 5.41) is 0. The van der Waals surface area contributed by atoms with Crippen molar-refractivity contribution < 1.29 is 9.21 Å². The zero-order valence-corrected chi connectivity index (χ0v) is 14.6. The molecule has 2 atom stereocenters. The van der Waals surface area contributed by atoms with Crippen LogP contribution >= 0.6 is 0 Å². The van der Waals surface area contributed by atoms with Gasteiger partial charge in [0.15, 0.2) is 5.78 Å². The number of carbonyl (C=O) groups is 1. The maximum atomic E-state index is 13.2. The zero-order valence-electron chi connectivity index (χ0n) is 14.6. The van der Waals surface area contributed by atoms with Crippen molar-refractivity contribution in [3.05, 3.63) is 46.7 Å². The lowest BCUT2D eigenvalue weighted by Gasteiger charge is -2.40. The summed E-state index contributed by atoms with van der Waals surface area (Å²) in [5.74, 6) is 2.09. The normalized spacial score (nSPS) is 24.0. The molecule has 24 heavy (non-hydrogen) atoms. The van der Waals surface area contributed by atoms with Gasteiger partial charge >= 0.3 is 0 Å². The SMILES string of the molecule is CCc1c(C)[nH]c2c1C(=O)C1CN(CCc3ccco3)CCC1C2. The number of rotatable bonds is 4. The van der Waals surface area contributed by atoms with Gasteiger partial charge in [0, 0.05) is 42.4 Å². The Morgan fingerprint density at radius 2 is 2.29 bits per heavy atom. The van der Waals surface area contributed by atoms with Gasteiger partial charge in [0.2, 0.25) is 0 Å². The molecule has 128 valence electrons. The van der Waals surface area contributed by atoms with Gasteiger partial charge in [-0.3, -0.25) is 4.79 Å². The predicted molar refractivity (Wildman–Crippen MR) is 93.4 cm³/mol. The molecule has 2 aliphatic rings. The average Bonchev–Trinajstić information content (AvgIpc) is 3.20. The molecule has 0 amide bonds. The molecule has 4 nitrogen and oxygen atoms in total. The number of aromatic nitrogens is 1. The van der Waals surface area contributed by atoms with E-state index in [9.17, 15) is 4.79 Å². The van der Waals surface area contributed by atoms with E-state index in [0.717, 1.165) is 56.6 Å². The number of piperidine rings is 1. The molecular formula is C20H26N2O2. The highest BCUT2D eigenvalue weighted by Crippen LogP contribution is 2.38. The fourth-order valence-electron chi connectivity index (χ4n) is 4.61. The first-order valence-corrected chi connectivity index (χ1v) is 9.16. The van der Waals surface area contributed by atoms with Gasteiger partial charge in [-0.2, -0.15) is 0 Å². The molecular weight excluding hydrogens is 300 g/mol. The molecule has 4 heteroatoms. The Balaban J connectivity index is 1.50. The number of nitrogens with zero attached hydrogens (tertiary/aromatic N) is 1. The van der Waals surface area contributed by atoms with Crippen LogP contribution in [0.3, 0.4) is 0 Å². The number of nitrogens with one attached hydrogen (secondary N) is 1. The molecule has 2 unspecified atom stereocenters. The molecule has 0 bridgehead atoms. The van der Waals surface area contributed by atoms with E-state index in [0.29, 0.717) is 11.7 Å². The number of furan rings is 1. The van der Waals surface area contributed by atoms with Crippen LogP contribution in [0.4, 0.5) is 0 Å². The van der Waals surface area contributed by atoms with E-state index in [2.05, 4.69) is 23.7 Å². The van der Waals surface area contributed by atoms with Crippen molar-refractivity contribution in [3.8, 4) is 0 Å². The molecule has 0 spiro atoms. The molecule has 1 N–H and O–H groups in total. The maximum Gasteiger partial charge on any atom is 0.169 e. The Labute approximate surface area is 143 Å². The number of H-pyrrole nitrogens is 1. The van der Waals surface area contributed by atoms with Gasteiger partial charge in [-0.15, -0.1) is 0 Å². The van der Waals surface area contributed by atoms with Crippen LogP contribution in [-0.2, 0) is 19.3 Å². The van der Waals surface area contributed by atoms with E-state index in [1.807, 2.05) is 12.1 Å². The van der Waals surface area contributed by atoms with Crippen molar-refractivity contribution in [2.75, 3.05) is 19.6 Å². The van der Waals surface area contributed by atoms with Crippen molar-refractivity contribution in [2.45, 2.75) is 39.5 Å². The second kappa shape index (κ2) is 6.25. The third-order valence-corrected chi connectivity index (χ3v) is 5.89. The smallest absolute Gasteiger partial charge is 0.169 e. The number of aryl methyl sites for hydroxylation is 1. The fourth-order valence-corrected chi connectivity index (χ4v) is 4.61. The molecule has 0 aromatic carbocycles. The van der Waals surface area contributed by atoms with E-state index in [-0.39, 0.29) is 5.92 Å². The third-order valence-electron chi connectivity index (χ3n) is 5.89. The molecule has 1 aliphatic heterocycles. The Morgan fingerprint density at radius 3 is 3.04 bits per heavy atom. The van der Waals surface area contributed by atoms with Crippen molar-refractivity contribution in [1.82, 2.24) is 9.88 Å². The van der Waals surface area contributed by atoms with Crippen molar-refractivity contribution in [2.24, 2.45) is 11.8 Å². The largest absolute Gasteiger partial charge is 0.469 e. The Morgan fingerprint density at radius 1 is 1.42 bits per heavy atom. The molecule has 0 saturated carbocycles. The van der Waals surface area contributed by atoms with Gasteiger partial charge < -0.3 is 14.3 Å². The average molecular weight is 326 g/mol. The van der Waals surface area contributed by atoms with Crippen LogP contribution < -0.4 is 0 Å². The van der Waals surface area contributed by atoms with Crippen molar-refractivity contribution in [3.63, 3.8) is 0 Å². The maximum absolute atomic E-state index is 13.2. The number of hydrogen-bond donors (Lipinski definition) is 1. The van der Waals surface area contributed by atoms with Crippen molar-refractivity contribution in [1.29, 1.82) is 0 Å². The van der Waals surface area contributed by atoms with Crippen LogP contribution in [0, 0.1) is 18.8 Å². The van der Waals surface area contributed by atoms with Gasteiger partial charge in [0.05, 0.1) is 6.26 Å². The fraction of sp³-hybridized carbons (Fsp3) is 0.550. The van der Waals surface area contributed by atoms with Crippen LogP contribution in [0.5, 0.6) is 0 Å². The number of fused-ring (bicyclic) bond motifs is 2. The molecule has 1 aliphatic carbocycles. The van der Waals surface area contributed by atoms with Crippen LogP contribution in [0.1, 0.15) is 46.4 Å². The summed E-state index contributed by atoms with van der Waals surface area (Å²) in [5.41, 5.74) is 4.63. The van der Waals surface area contributed by atoms with E-state index in [1.54, 1.807) is 6.26 Å². The first-order chi connectivity index (χ1) is 11.7. The third kappa shape index (κ3) is 2.63. The number of hydrogen-bond acceptors (Lipinski definition) is 3. The van der Waals surface area contributed by atoms with E-state index < -0.39 is 0 Å². The first-order valence-electron chi connectivity index (χ1n) is 9.16. The molecule has 3 heterocycles. The zero-order chi connectivity index (χ0) is 16.7. The minimum absolute atomic E-state index is 0.170. The highest BCUT2D eigenvalue weighted by molar-refractivity contribution is 6.02. The van der Waals surface area contributed by atoms with Crippen LogP contribution in [0.15, 0.2) is 22.8 Å². The van der Waals surface area contributed by atoms with E-state index >= 15 is 0 Å². The number of Topliss-reactive ketones (excluding diaryl/α,β-unsaturated/α-hetero) is 1. The lowest BCUT2D eigenvalue weighted by Crippen LogP contribution is -2.47. The molecule has 1 fully saturated rings. The molecule has 1 saturated heterocycles. The molecule has 0 radical (unpaired) electrons. The quantitative estimate of drug-likeness (QED) is 0.937. The molecule has 4 rings (SSSR count).